The molecule has 56 valence electrons. The van der Waals surface area contributed by atoms with Crippen molar-refractivity contribution >= 4 is 0 Å². The van der Waals surface area contributed by atoms with Crippen molar-refractivity contribution in [3.63, 3.8) is 0 Å². The van der Waals surface area contributed by atoms with E-state index < -0.39 is 0 Å². The highest BCUT2D eigenvalue weighted by Crippen LogP contribution is 2.45. The van der Waals surface area contributed by atoms with Crippen LogP contribution in [0.25, 0.3) is 0 Å². The number of nitrogens with one attached hydrogen (secondary N) is 1. The zero-order valence-electron chi connectivity index (χ0n) is 6.40. The second-order valence-corrected chi connectivity index (χ2v) is 3.61. The molecule has 1 heterocycles. The standard InChI is InChI=1S/C9H15N/c1-2-4-8-7-10-9(8)5-3-6-9/h2,8,10H,1,3-7H2. The van der Waals surface area contributed by atoms with Crippen molar-refractivity contribution in [2.45, 2.75) is 31.2 Å². The second kappa shape index (κ2) is 2.09. The third-order valence-electron chi connectivity index (χ3n) is 3.18. The highest BCUT2D eigenvalue weighted by molar-refractivity contribution is 5.10. The number of allylic oxidation sites excluding steroid dienone is 1. The van der Waals surface area contributed by atoms with Crippen LogP contribution in [0.4, 0.5) is 0 Å². The van der Waals surface area contributed by atoms with Crippen molar-refractivity contribution in [1.82, 2.24) is 5.32 Å². The van der Waals surface area contributed by atoms with Gasteiger partial charge in [-0.05, 0) is 31.6 Å². The van der Waals surface area contributed by atoms with Crippen molar-refractivity contribution in [3.05, 3.63) is 12.7 Å². The van der Waals surface area contributed by atoms with E-state index in [0.717, 1.165) is 5.92 Å². The summed E-state index contributed by atoms with van der Waals surface area (Å²) in [7, 11) is 0. The molecule has 0 amide bonds. The summed E-state index contributed by atoms with van der Waals surface area (Å²) in [6.45, 7) is 5.01. The van der Waals surface area contributed by atoms with Crippen LogP contribution in [0.1, 0.15) is 25.7 Å². The van der Waals surface area contributed by atoms with Crippen LogP contribution in [0.15, 0.2) is 12.7 Å². The Morgan fingerprint density at radius 1 is 1.60 bits per heavy atom. The van der Waals surface area contributed by atoms with Crippen LogP contribution >= 0.6 is 0 Å². The van der Waals surface area contributed by atoms with E-state index in [-0.39, 0.29) is 0 Å². The van der Waals surface area contributed by atoms with Crippen molar-refractivity contribution in [2.75, 3.05) is 6.54 Å². The van der Waals surface area contributed by atoms with Crippen molar-refractivity contribution in [2.24, 2.45) is 5.92 Å². The molecule has 0 aromatic heterocycles. The average Bonchev–Trinajstić information content (AvgIpc) is 1.77. The number of hydrogen-bond acceptors (Lipinski definition) is 1. The van der Waals surface area contributed by atoms with Crippen LogP contribution < -0.4 is 5.32 Å². The SMILES string of the molecule is C=CCC1CNC12CCC2. The lowest BCUT2D eigenvalue weighted by Crippen LogP contribution is -2.68. The zero-order chi connectivity index (χ0) is 7.03. The van der Waals surface area contributed by atoms with Gasteiger partial charge in [0, 0.05) is 12.1 Å². The van der Waals surface area contributed by atoms with Gasteiger partial charge in [0.05, 0.1) is 0 Å². The number of hydrogen-bond donors (Lipinski definition) is 1. The molecule has 1 aliphatic heterocycles. The molecule has 1 aliphatic carbocycles. The lowest BCUT2D eigenvalue weighted by molar-refractivity contribution is 0.0218. The van der Waals surface area contributed by atoms with Gasteiger partial charge in [-0.25, -0.2) is 0 Å². The minimum atomic E-state index is 0.591. The van der Waals surface area contributed by atoms with Gasteiger partial charge in [-0.2, -0.15) is 0 Å². The monoisotopic (exact) mass is 137 g/mol. The highest BCUT2D eigenvalue weighted by Gasteiger charge is 2.49. The van der Waals surface area contributed by atoms with Crippen LogP contribution in [0.3, 0.4) is 0 Å². The molecule has 1 saturated heterocycles. The Morgan fingerprint density at radius 2 is 2.40 bits per heavy atom. The Hall–Kier alpha value is -0.300. The van der Waals surface area contributed by atoms with Gasteiger partial charge in [-0.15, -0.1) is 6.58 Å². The molecule has 0 bridgehead atoms. The molecule has 1 saturated carbocycles. The normalized spacial score (nSPS) is 34.6. The van der Waals surface area contributed by atoms with Gasteiger partial charge in [0.15, 0.2) is 0 Å². The van der Waals surface area contributed by atoms with Crippen LogP contribution in [0.5, 0.6) is 0 Å². The third-order valence-corrected chi connectivity index (χ3v) is 3.18. The van der Waals surface area contributed by atoms with E-state index in [1.807, 2.05) is 0 Å². The Kier molecular flexibility index (Phi) is 1.34. The summed E-state index contributed by atoms with van der Waals surface area (Å²) in [5, 5.41) is 3.55. The Balaban J connectivity index is 1.92. The van der Waals surface area contributed by atoms with Gasteiger partial charge in [-0.3, -0.25) is 0 Å². The first kappa shape index (κ1) is 6.41. The molecule has 10 heavy (non-hydrogen) atoms. The summed E-state index contributed by atoms with van der Waals surface area (Å²) < 4.78 is 0. The fourth-order valence-electron chi connectivity index (χ4n) is 2.19. The summed E-state index contributed by atoms with van der Waals surface area (Å²) in [6, 6.07) is 0. The fourth-order valence-corrected chi connectivity index (χ4v) is 2.19. The van der Waals surface area contributed by atoms with Gasteiger partial charge < -0.3 is 5.32 Å². The van der Waals surface area contributed by atoms with E-state index >= 15 is 0 Å². The van der Waals surface area contributed by atoms with E-state index in [1.54, 1.807) is 0 Å². The van der Waals surface area contributed by atoms with E-state index in [4.69, 9.17) is 0 Å². The maximum absolute atomic E-state index is 3.78. The average molecular weight is 137 g/mol. The minimum Gasteiger partial charge on any atom is -0.311 e. The molecule has 2 rings (SSSR count). The number of rotatable bonds is 2. The van der Waals surface area contributed by atoms with E-state index in [9.17, 15) is 0 Å². The summed E-state index contributed by atoms with van der Waals surface area (Å²) in [4.78, 5) is 0. The van der Waals surface area contributed by atoms with Crippen molar-refractivity contribution in [3.8, 4) is 0 Å². The van der Waals surface area contributed by atoms with Crippen LogP contribution in [0.2, 0.25) is 0 Å². The molecule has 2 fully saturated rings. The first-order chi connectivity index (χ1) is 4.87. The topological polar surface area (TPSA) is 12.0 Å². The highest BCUT2D eigenvalue weighted by atomic mass is 15.1. The lowest BCUT2D eigenvalue weighted by Gasteiger charge is -2.57. The van der Waals surface area contributed by atoms with Gasteiger partial charge in [0.2, 0.25) is 0 Å². The van der Waals surface area contributed by atoms with Crippen LogP contribution in [-0.4, -0.2) is 12.1 Å². The lowest BCUT2D eigenvalue weighted by atomic mass is 9.62. The van der Waals surface area contributed by atoms with E-state index in [2.05, 4.69) is 18.0 Å². The predicted octanol–water partition coefficient (Wildman–Crippen LogP) is 1.70. The molecular formula is C9H15N. The van der Waals surface area contributed by atoms with Crippen molar-refractivity contribution in [1.29, 1.82) is 0 Å². The first-order valence-electron chi connectivity index (χ1n) is 4.23. The summed E-state index contributed by atoms with van der Waals surface area (Å²) in [6.07, 6.45) is 7.52. The van der Waals surface area contributed by atoms with Crippen LogP contribution in [0, 0.1) is 5.92 Å². The molecule has 1 heteroatoms. The van der Waals surface area contributed by atoms with Gasteiger partial charge in [-0.1, -0.05) is 6.08 Å². The molecule has 1 nitrogen and oxygen atoms in total. The smallest absolute Gasteiger partial charge is 0.0224 e. The molecule has 1 atom stereocenters. The Morgan fingerprint density at radius 3 is 2.70 bits per heavy atom. The van der Waals surface area contributed by atoms with Gasteiger partial charge >= 0.3 is 0 Å². The summed E-state index contributed by atoms with van der Waals surface area (Å²) in [5.41, 5.74) is 0.591. The Labute approximate surface area is 62.5 Å². The maximum atomic E-state index is 3.78. The fraction of sp³-hybridized carbons (Fsp3) is 0.778. The predicted molar refractivity (Wildman–Crippen MR) is 42.9 cm³/mol. The molecule has 0 aromatic rings. The molecule has 1 unspecified atom stereocenters. The molecule has 1 N–H and O–H groups in total. The summed E-state index contributed by atoms with van der Waals surface area (Å²) >= 11 is 0. The van der Waals surface area contributed by atoms with Crippen molar-refractivity contribution < 1.29 is 0 Å². The quantitative estimate of drug-likeness (QED) is 0.571. The maximum Gasteiger partial charge on any atom is 0.0224 e. The second-order valence-electron chi connectivity index (χ2n) is 3.61. The minimum absolute atomic E-state index is 0.591. The van der Waals surface area contributed by atoms with E-state index in [0.29, 0.717) is 5.54 Å². The molecule has 2 aliphatic rings. The third kappa shape index (κ3) is 0.671. The van der Waals surface area contributed by atoms with Crippen LogP contribution in [-0.2, 0) is 0 Å². The molecule has 0 radical (unpaired) electrons. The Bertz CT molecular complexity index is 141. The first-order valence-corrected chi connectivity index (χ1v) is 4.23. The van der Waals surface area contributed by atoms with Gasteiger partial charge in [0.1, 0.15) is 0 Å². The molecule has 1 spiro atoms. The molecule has 0 aromatic carbocycles. The molecular weight excluding hydrogens is 122 g/mol. The van der Waals surface area contributed by atoms with E-state index in [1.165, 1.54) is 32.2 Å². The zero-order valence-corrected chi connectivity index (χ0v) is 6.40. The summed E-state index contributed by atoms with van der Waals surface area (Å²) in [5.74, 6) is 0.916. The largest absolute Gasteiger partial charge is 0.311 e. The van der Waals surface area contributed by atoms with Gasteiger partial charge in [0.25, 0.3) is 0 Å².